The van der Waals surface area contributed by atoms with Gasteiger partial charge in [-0.3, -0.25) is 4.79 Å². The molecule has 0 atom stereocenters. The molecular formula is C21H30NO2P. The van der Waals surface area contributed by atoms with Crippen LogP contribution in [0.4, 0.5) is 0 Å². The number of ketones is 1. The Labute approximate surface area is 152 Å². The molecule has 0 unspecified atom stereocenters. The van der Waals surface area contributed by atoms with Crippen LogP contribution in [-0.4, -0.2) is 33.2 Å². The van der Waals surface area contributed by atoms with Gasteiger partial charge in [-0.25, -0.2) is 0 Å². The molecule has 0 saturated carbocycles. The highest BCUT2D eigenvalue weighted by atomic mass is 31.2. The van der Waals surface area contributed by atoms with Crippen molar-refractivity contribution in [2.24, 2.45) is 0 Å². The smallest absolute Gasteiger partial charge is 0.164 e. The average Bonchev–Trinajstić information content (AvgIpc) is 2.79. The molecule has 1 aliphatic carbocycles. The quantitative estimate of drug-likeness (QED) is 0.771. The van der Waals surface area contributed by atoms with E-state index >= 15 is 0 Å². The van der Waals surface area contributed by atoms with Crippen molar-refractivity contribution in [2.75, 3.05) is 27.4 Å². The highest BCUT2D eigenvalue weighted by Crippen LogP contribution is 2.37. The molecule has 0 amide bonds. The summed E-state index contributed by atoms with van der Waals surface area (Å²) in [5.41, 5.74) is 2.17. The third kappa shape index (κ3) is 6.26. The summed E-state index contributed by atoms with van der Waals surface area (Å²) in [4.78, 5) is 11.5. The maximum Gasteiger partial charge on any atom is 0.164 e. The Balaban J connectivity index is 0.000000220. The van der Waals surface area contributed by atoms with Crippen molar-refractivity contribution in [3.8, 4) is 0 Å². The van der Waals surface area contributed by atoms with E-state index in [1.807, 2.05) is 62.6 Å². The van der Waals surface area contributed by atoms with Crippen molar-refractivity contribution >= 4 is 18.2 Å². The van der Waals surface area contributed by atoms with Crippen LogP contribution in [0.5, 0.6) is 0 Å². The maximum absolute atomic E-state index is 11.5. The predicted octanol–water partition coefficient (Wildman–Crippen LogP) is 4.32. The zero-order valence-corrected chi connectivity index (χ0v) is 17.1. The van der Waals surface area contributed by atoms with E-state index in [-0.39, 0.29) is 11.2 Å². The lowest BCUT2D eigenvalue weighted by atomic mass is 9.87. The molecule has 3 nitrogen and oxygen atoms in total. The Morgan fingerprint density at radius 3 is 1.84 bits per heavy atom. The van der Waals surface area contributed by atoms with E-state index in [2.05, 4.69) is 25.2 Å². The Morgan fingerprint density at radius 2 is 1.40 bits per heavy atom. The van der Waals surface area contributed by atoms with Gasteiger partial charge in [-0.05, 0) is 38.4 Å². The van der Waals surface area contributed by atoms with E-state index in [1.54, 1.807) is 13.3 Å². The molecule has 0 aliphatic heterocycles. The molecule has 0 radical (unpaired) electrons. The first kappa shape index (κ1) is 21.3. The fraction of sp³-hybridized carbons (Fsp3) is 0.381. The minimum atomic E-state index is -2.02. The molecule has 0 aromatic heterocycles. The second kappa shape index (κ2) is 9.12. The lowest BCUT2D eigenvalue weighted by molar-refractivity contribution is 0.0979. The van der Waals surface area contributed by atoms with E-state index < -0.39 is 7.14 Å². The average molecular weight is 359 g/mol. The fourth-order valence-electron chi connectivity index (χ4n) is 2.70. The summed E-state index contributed by atoms with van der Waals surface area (Å²) in [5, 5.41) is 3.70. The Morgan fingerprint density at radius 1 is 0.920 bits per heavy atom. The maximum atomic E-state index is 11.5. The van der Waals surface area contributed by atoms with Crippen LogP contribution in [0, 0.1) is 0 Å². The van der Waals surface area contributed by atoms with Crippen LogP contribution < -0.4 is 10.6 Å². The van der Waals surface area contributed by atoms with E-state index in [9.17, 15) is 9.36 Å². The first-order valence-corrected chi connectivity index (χ1v) is 11.1. The molecule has 2 aromatic rings. The summed E-state index contributed by atoms with van der Waals surface area (Å²) in [6.07, 6.45) is 0.659. The normalized spacial score (nSPS) is 14.6. The monoisotopic (exact) mass is 359 g/mol. The van der Waals surface area contributed by atoms with Gasteiger partial charge in [0.1, 0.15) is 7.14 Å². The first-order chi connectivity index (χ1) is 11.6. The predicted molar refractivity (Wildman–Crippen MR) is 109 cm³/mol. The van der Waals surface area contributed by atoms with Crippen molar-refractivity contribution in [1.82, 2.24) is 5.32 Å². The topological polar surface area (TPSA) is 46.2 Å². The summed E-state index contributed by atoms with van der Waals surface area (Å²) in [6.45, 7) is 7.80. The van der Waals surface area contributed by atoms with E-state index in [4.69, 9.17) is 0 Å². The minimum absolute atomic E-state index is 0.0493. The van der Waals surface area contributed by atoms with Crippen LogP contribution in [0.1, 0.15) is 36.2 Å². The zero-order chi connectivity index (χ0) is 19.1. The van der Waals surface area contributed by atoms with Crippen molar-refractivity contribution in [3.63, 3.8) is 0 Å². The van der Waals surface area contributed by atoms with Crippen molar-refractivity contribution < 1.29 is 9.36 Å². The van der Waals surface area contributed by atoms with Crippen LogP contribution in [-0.2, 0) is 9.98 Å². The first-order valence-electron chi connectivity index (χ1n) is 8.45. The Bertz CT molecular complexity index is 733. The van der Waals surface area contributed by atoms with Gasteiger partial charge < -0.3 is 9.88 Å². The van der Waals surface area contributed by atoms with Gasteiger partial charge >= 0.3 is 0 Å². The van der Waals surface area contributed by atoms with E-state index in [1.165, 1.54) is 5.56 Å². The number of carbonyl (C=O) groups is 1. The van der Waals surface area contributed by atoms with E-state index in [0.717, 1.165) is 10.9 Å². The molecule has 0 spiro atoms. The van der Waals surface area contributed by atoms with Gasteiger partial charge in [0.15, 0.2) is 5.78 Å². The minimum Gasteiger partial charge on any atom is -0.323 e. The second-order valence-corrected chi connectivity index (χ2v) is 10.4. The molecule has 1 N–H and O–H groups in total. The number of hydrogen-bond acceptors (Lipinski definition) is 3. The Kier molecular flexibility index (Phi) is 7.79. The SMILES string of the molecule is CC1(C)CC(=O)c2ccccc21.CNC.CP(C)(=O)c1ccccc1. The number of Topliss-reactive ketones (excluding diaryl/α,β-unsaturated/α-hetero) is 1. The van der Waals surface area contributed by atoms with Gasteiger partial charge in [0, 0.05) is 17.3 Å². The standard InChI is InChI=1S/C11H12O.C8H11OP.C2H7N/c1-11(2)7-10(12)8-5-3-4-6-9(8)11;1-10(2,9)8-6-4-3-5-7-8;1-3-2/h3-6H,7H2,1-2H3;3-7H,1-2H3;3H,1-2H3. The number of fused-ring (bicyclic) bond motifs is 1. The second-order valence-electron chi connectivity index (χ2n) is 7.22. The van der Waals surface area contributed by atoms with Gasteiger partial charge in [0.05, 0.1) is 0 Å². The third-order valence-corrected chi connectivity index (χ3v) is 5.48. The lowest BCUT2D eigenvalue weighted by Gasteiger charge is -2.16. The molecule has 2 aromatic carbocycles. The molecular weight excluding hydrogens is 329 g/mol. The number of carbonyl (C=O) groups excluding carboxylic acids is 1. The van der Waals surface area contributed by atoms with Crippen LogP contribution >= 0.6 is 7.14 Å². The van der Waals surface area contributed by atoms with Crippen LogP contribution in [0.25, 0.3) is 0 Å². The molecule has 0 fully saturated rings. The molecule has 136 valence electrons. The summed E-state index contributed by atoms with van der Waals surface area (Å²) >= 11 is 0. The number of benzene rings is 2. The van der Waals surface area contributed by atoms with E-state index in [0.29, 0.717) is 6.42 Å². The van der Waals surface area contributed by atoms with Gasteiger partial charge in [-0.1, -0.05) is 68.4 Å². The van der Waals surface area contributed by atoms with Crippen LogP contribution in [0.15, 0.2) is 54.6 Å². The molecule has 0 saturated heterocycles. The Hall–Kier alpha value is -1.70. The largest absolute Gasteiger partial charge is 0.323 e. The number of nitrogens with one attached hydrogen (secondary N) is 1. The fourth-order valence-corrected chi connectivity index (χ4v) is 3.59. The van der Waals surface area contributed by atoms with Gasteiger partial charge in [0.25, 0.3) is 0 Å². The summed E-state index contributed by atoms with van der Waals surface area (Å²) in [6, 6.07) is 17.5. The summed E-state index contributed by atoms with van der Waals surface area (Å²) in [5.74, 6) is 0.288. The van der Waals surface area contributed by atoms with Gasteiger partial charge in [-0.15, -0.1) is 0 Å². The van der Waals surface area contributed by atoms with Crippen LogP contribution in [0.3, 0.4) is 0 Å². The number of rotatable bonds is 1. The molecule has 0 bridgehead atoms. The van der Waals surface area contributed by atoms with Crippen molar-refractivity contribution in [3.05, 3.63) is 65.7 Å². The number of hydrogen-bond donors (Lipinski definition) is 1. The molecule has 0 heterocycles. The van der Waals surface area contributed by atoms with Gasteiger partial charge in [0.2, 0.25) is 0 Å². The third-order valence-electron chi connectivity index (χ3n) is 3.94. The van der Waals surface area contributed by atoms with Crippen molar-refractivity contribution in [2.45, 2.75) is 25.7 Å². The zero-order valence-electron chi connectivity index (χ0n) is 16.2. The summed E-state index contributed by atoms with van der Waals surface area (Å²) in [7, 11) is 1.73. The molecule has 1 aliphatic rings. The molecule has 3 rings (SSSR count). The van der Waals surface area contributed by atoms with Crippen molar-refractivity contribution in [1.29, 1.82) is 0 Å². The van der Waals surface area contributed by atoms with Gasteiger partial charge in [-0.2, -0.15) is 0 Å². The highest BCUT2D eigenvalue weighted by Gasteiger charge is 2.34. The molecule has 4 heteroatoms. The highest BCUT2D eigenvalue weighted by molar-refractivity contribution is 7.70. The van der Waals surface area contributed by atoms with Crippen LogP contribution in [0.2, 0.25) is 0 Å². The molecule has 25 heavy (non-hydrogen) atoms. The lowest BCUT2D eigenvalue weighted by Crippen LogP contribution is -2.12. The summed E-state index contributed by atoms with van der Waals surface area (Å²) < 4.78 is 11.4.